The number of hydrogen-bond acceptors (Lipinski definition) is 6. The fraction of sp³-hybridized carbons (Fsp3) is 0.280. The second-order valence-corrected chi connectivity index (χ2v) is 10.2. The summed E-state index contributed by atoms with van der Waals surface area (Å²) in [6, 6.07) is 13.8. The molecular weight excluding hydrogens is 452 g/mol. The molecule has 0 atom stereocenters. The van der Waals surface area contributed by atoms with E-state index < -0.39 is 0 Å². The Labute approximate surface area is 201 Å². The van der Waals surface area contributed by atoms with Gasteiger partial charge in [0.05, 0.1) is 17.0 Å². The van der Waals surface area contributed by atoms with Gasteiger partial charge in [0.25, 0.3) is 11.5 Å². The maximum atomic E-state index is 13.4. The minimum atomic E-state index is -0.204. The number of carbonyl (C=O) groups excluding carboxylic acids is 1. The van der Waals surface area contributed by atoms with Crippen LogP contribution in [0, 0.1) is 6.92 Å². The smallest absolute Gasteiger partial charge is 0.267 e. The number of nitrogens with one attached hydrogen (secondary N) is 1. The van der Waals surface area contributed by atoms with Gasteiger partial charge in [-0.15, -0.1) is 0 Å². The number of pyridine rings is 1. The van der Waals surface area contributed by atoms with Gasteiger partial charge in [-0.3, -0.25) is 18.9 Å². The van der Waals surface area contributed by atoms with Gasteiger partial charge < -0.3 is 5.32 Å². The van der Waals surface area contributed by atoms with Crippen LogP contribution < -0.4 is 10.9 Å². The normalized spacial score (nSPS) is 18.1. The lowest BCUT2D eigenvalue weighted by atomic mass is 10.1. The van der Waals surface area contributed by atoms with Gasteiger partial charge in [-0.2, -0.15) is 0 Å². The molecule has 0 radical (unpaired) electrons. The highest BCUT2D eigenvalue weighted by atomic mass is 32.2. The van der Waals surface area contributed by atoms with Gasteiger partial charge in [0, 0.05) is 12.2 Å². The number of aromatic nitrogens is 2. The number of aryl methyl sites for hydroxylation is 1. The van der Waals surface area contributed by atoms with E-state index in [-0.39, 0.29) is 17.5 Å². The summed E-state index contributed by atoms with van der Waals surface area (Å²) in [4.78, 5) is 33.3. The minimum Gasteiger partial charge on any atom is -0.367 e. The van der Waals surface area contributed by atoms with E-state index in [1.54, 1.807) is 23.2 Å². The van der Waals surface area contributed by atoms with Crippen molar-refractivity contribution in [2.45, 2.75) is 45.2 Å². The Morgan fingerprint density at radius 2 is 1.91 bits per heavy atom. The summed E-state index contributed by atoms with van der Waals surface area (Å²) in [5.74, 6) is 0.344. The van der Waals surface area contributed by atoms with Crippen LogP contribution in [-0.2, 0) is 11.3 Å². The molecule has 3 aromatic rings. The molecule has 0 unspecified atom stereocenters. The molecule has 2 fully saturated rings. The third-order valence-corrected chi connectivity index (χ3v) is 7.45. The van der Waals surface area contributed by atoms with Crippen LogP contribution in [0.1, 0.15) is 42.4 Å². The zero-order chi connectivity index (χ0) is 22.9. The first-order valence-electron chi connectivity index (χ1n) is 11.1. The summed E-state index contributed by atoms with van der Waals surface area (Å²) in [6.45, 7) is 2.43. The average molecular weight is 477 g/mol. The van der Waals surface area contributed by atoms with E-state index in [2.05, 4.69) is 5.32 Å². The van der Waals surface area contributed by atoms with Crippen LogP contribution in [0.25, 0.3) is 11.7 Å². The fourth-order valence-electron chi connectivity index (χ4n) is 4.25. The molecule has 0 spiro atoms. The molecule has 2 aliphatic rings. The van der Waals surface area contributed by atoms with Crippen molar-refractivity contribution in [3.05, 3.63) is 80.6 Å². The van der Waals surface area contributed by atoms with E-state index in [4.69, 9.17) is 17.2 Å². The van der Waals surface area contributed by atoms with E-state index in [0.29, 0.717) is 32.8 Å². The molecule has 168 valence electrons. The van der Waals surface area contributed by atoms with Crippen LogP contribution in [0.5, 0.6) is 0 Å². The largest absolute Gasteiger partial charge is 0.367 e. The van der Waals surface area contributed by atoms with Crippen molar-refractivity contribution in [2.75, 3.05) is 5.32 Å². The number of carbonyl (C=O) groups is 1. The Hall–Kier alpha value is -2.97. The van der Waals surface area contributed by atoms with E-state index in [0.717, 1.165) is 36.8 Å². The van der Waals surface area contributed by atoms with Gasteiger partial charge in [0.1, 0.15) is 15.8 Å². The first kappa shape index (κ1) is 21.9. The molecule has 1 aliphatic carbocycles. The third-order valence-electron chi connectivity index (χ3n) is 6.08. The summed E-state index contributed by atoms with van der Waals surface area (Å²) in [6.07, 6.45) is 7.78. The Kier molecular flexibility index (Phi) is 6.03. The third kappa shape index (κ3) is 4.45. The van der Waals surface area contributed by atoms with Gasteiger partial charge in [-0.25, -0.2) is 4.98 Å². The highest BCUT2D eigenvalue weighted by molar-refractivity contribution is 8.26. The van der Waals surface area contributed by atoms with Crippen molar-refractivity contribution < 1.29 is 4.79 Å². The van der Waals surface area contributed by atoms with Gasteiger partial charge >= 0.3 is 0 Å². The zero-order valence-corrected chi connectivity index (χ0v) is 19.9. The zero-order valence-electron chi connectivity index (χ0n) is 18.3. The van der Waals surface area contributed by atoms with Crippen LogP contribution >= 0.6 is 24.0 Å². The number of thioether (sulfide) groups is 1. The van der Waals surface area contributed by atoms with Gasteiger partial charge in [0.15, 0.2) is 0 Å². The molecule has 0 bridgehead atoms. The molecule has 1 saturated heterocycles. The predicted molar refractivity (Wildman–Crippen MR) is 137 cm³/mol. The summed E-state index contributed by atoms with van der Waals surface area (Å²) < 4.78 is 2.00. The number of anilines is 1. The molecule has 5 rings (SSSR count). The van der Waals surface area contributed by atoms with Crippen molar-refractivity contribution in [3.8, 4) is 0 Å². The fourth-order valence-corrected chi connectivity index (χ4v) is 5.49. The minimum absolute atomic E-state index is 0.185. The number of nitrogens with zero attached hydrogens (tertiary/aromatic N) is 3. The van der Waals surface area contributed by atoms with Crippen LogP contribution in [0.2, 0.25) is 0 Å². The number of thiocarbonyl (C=S) groups is 1. The first-order chi connectivity index (χ1) is 16.0. The standard InChI is InChI=1S/C25H24N4O2S2/c1-16-9-11-17(12-10-16)15-29-24(31)20(33-25(29)32)14-19-22(26-18-6-2-3-7-18)27-21-8-4-5-13-28(21)23(19)30/h4-5,8-14,18,26H,2-3,6-7,15H2,1H3/b20-14-. The topological polar surface area (TPSA) is 66.7 Å². The second-order valence-electron chi connectivity index (χ2n) is 8.49. The number of rotatable bonds is 5. The number of hydrogen-bond donors (Lipinski definition) is 1. The predicted octanol–water partition coefficient (Wildman–Crippen LogP) is 4.76. The molecule has 1 N–H and O–H groups in total. The second kappa shape index (κ2) is 9.11. The van der Waals surface area contributed by atoms with Crippen LogP contribution in [-0.4, -0.2) is 30.6 Å². The maximum absolute atomic E-state index is 13.4. The molecule has 3 heterocycles. The number of amides is 1. The van der Waals surface area contributed by atoms with E-state index in [1.165, 1.54) is 16.2 Å². The van der Waals surface area contributed by atoms with Crippen molar-refractivity contribution in [1.82, 2.24) is 14.3 Å². The summed E-state index contributed by atoms with van der Waals surface area (Å²) in [5, 5.41) is 3.46. The van der Waals surface area contributed by atoms with Crippen molar-refractivity contribution in [2.24, 2.45) is 0 Å². The van der Waals surface area contributed by atoms with Gasteiger partial charge in [0.2, 0.25) is 0 Å². The van der Waals surface area contributed by atoms with E-state index >= 15 is 0 Å². The van der Waals surface area contributed by atoms with Crippen molar-refractivity contribution in [3.63, 3.8) is 0 Å². The van der Waals surface area contributed by atoms with Crippen LogP contribution in [0.3, 0.4) is 0 Å². The summed E-state index contributed by atoms with van der Waals surface area (Å²) in [7, 11) is 0. The summed E-state index contributed by atoms with van der Waals surface area (Å²) in [5.41, 5.74) is 2.93. The number of fused-ring (bicyclic) bond motifs is 1. The molecule has 8 heteroatoms. The van der Waals surface area contributed by atoms with Crippen molar-refractivity contribution in [1.29, 1.82) is 0 Å². The summed E-state index contributed by atoms with van der Waals surface area (Å²) >= 11 is 6.74. The Bertz CT molecular complexity index is 1320. The lowest BCUT2D eigenvalue weighted by molar-refractivity contribution is -0.122. The monoisotopic (exact) mass is 476 g/mol. The highest BCUT2D eigenvalue weighted by Gasteiger charge is 2.33. The molecule has 1 aliphatic heterocycles. The molecular formula is C25H24N4O2S2. The van der Waals surface area contributed by atoms with Crippen LogP contribution in [0.15, 0.2) is 58.4 Å². The highest BCUT2D eigenvalue weighted by Crippen LogP contribution is 2.34. The van der Waals surface area contributed by atoms with Crippen molar-refractivity contribution >= 4 is 51.7 Å². The molecule has 6 nitrogen and oxygen atoms in total. The Balaban J connectivity index is 1.51. The Morgan fingerprint density at radius 1 is 1.15 bits per heavy atom. The van der Waals surface area contributed by atoms with Gasteiger partial charge in [-0.1, -0.05) is 72.7 Å². The lowest BCUT2D eigenvalue weighted by Crippen LogP contribution is -2.27. The quantitative estimate of drug-likeness (QED) is 0.423. The molecule has 33 heavy (non-hydrogen) atoms. The maximum Gasteiger partial charge on any atom is 0.267 e. The van der Waals surface area contributed by atoms with Gasteiger partial charge in [-0.05, 0) is 43.5 Å². The van der Waals surface area contributed by atoms with Crippen LogP contribution in [0.4, 0.5) is 5.82 Å². The van der Waals surface area contributed by atoms with E-state index in [1.807, 2.05) is 43.3 Å². The molecule has 1 aromatic carbocycles. The number of benzene rings is 1. The average Bonchev–Trinajstić information content (AvgIpc) is 3.41. The Morgan fingerprint density at radius 3 is 2.67 bits per heavy atom. The SMILES string of the molecule is Cc1ccc(CN2C(=O)/C(=C/c3c(NC4CCCC4)nc4ccccn4c3=O)SC2=S)cc1. The first-order valence-corrected chi connectivity index (χ1v) is 12.3. The molecule has 1 amide bonds. The molecule has 2 aromatic heterocycles. The molecule has 1 saturated carbocycles. The van der Waals surface area contributed by atoms with E-state index in [9.17, 15) is 9.59 Å². The lowest BCUT2D eigenvalue weighted by Gasteiger charge is -2.16.